The van der Waals surface area contributed by atoms with Crippen molar-refractivity contribution in [2.75, 3.05) is 0 Å². The van der Waals surface area contributed by atoms with Crippen molar-refractivity contribution in [1.29, 1.82) is 0 Å². The number of hydrogen-bond donors (Lipinski definition) is 0. The third-order valence-corrected chi connectivity index (χ3v) is 6.38. The fraction of sp³-hybridized carbons (Fsp3) is 0.222. The minimum atomic E-state index is -0.182. The molecule has 2 aromatic rings. The van der Waals surface area contributed by atoms with E-state index in [1.807, 2.05) is 74.5 Å². The molecule has 0 saturated carbocycles. The van der Waals surface area contributed by atoms with Crippen LogP contribution in [0.2, 0.25) is 0 Å². The Morgan fingerprint density at radius 2 is 1.00 bits per heavy atom. The molecule has 0 N–H and O–H groups in total. The number of carbonyl (C=O) groups excluding carboxylic acids is 2. The summed E-state index contributed by atoms with van der Waals surface area (Å²) in [5, 5.41) is -0.364. The first kappa shape index (κ1) is 16.8. The lowest BCUT2D eigenvalue weighted by Gasteiger charge is -2.13. The number of hydrogen-bond acceptors (Lipinski definition) is 4. The highest BCUT2D eigenvalue weighted by molar-refractivity contribution is 8.77. The maximum atomic E-state index is 12.3. The molecule has 2 aromatic carbocycles. The van der Waals surface area contributed by atoms with Crippen LogP contribution in [0.25, 0.3) is 0 Å². The summed E-state index contributed by atoms with van der Waals surface area (Å²) in [5.41, 5.74) is 1.43. The first-order valence-corrected chi connectivity index (χ1v) is 9.38. The number of benzene rings is 2. The highest BCUT2D eigenvalue weighted by Crippen LogP contribution is 2.33. The monoisotopic (exact) mass is 330 g/mol. The minimum Gasteiger partial charge on any atom is -0.293 e. The number of ketones is 2. The van der Waals surface area contributed by atoms with Gasteiger partial charge in [0.05, 0.1) is 10.5 Å². The first-order valence-electron chi connectivity index (χ1n) is 7.10. The summed E-state index contributed by atoms with van der Waals surface area (Å²) in [6, 6.07) is 18.5. The topological polar surface area (TPSA) is 34.1 Å². The van der Waals surface area contributed by atoms with E-state index < -0.39 is 0 Å². The average Bonchev–Trinajstić information content (AvgIpc) is 2.59. The van der Waals surface area contributed by atoms with Gasteiger partial charge in [-0.15, -0.1) is 0 Å². The lowest BCUT2D eigenvalue weighted by Crippen LogP contribution is -2.16. The zero-order valence-electron chi connectivity index (χ0n) is 12.6. The van der Waals surface area contributed by atoms with Gasteiger partial charge in [0, 0.05) is 11.1 Å². The van der Waals surface area contributed by atoms with Gasteiger partial charge >= 0.3 is 0 Å². The van der Waals surface area contributed by atoms with Crippen LogP contribution in [-0.2, 0) is 0 Å². The third kappa shape index (κ3) is 4.49. The lowest BCUT2D eigenvalue weighted by atomic mass is 10.1. The van der Waals surface area contributed by atoms with E-state index in [-0.39, 0.29) is 22.1 Å². The smallest absolute Gasteiger partial charge is 0.176 e. The molecule has 2 nitrogen and oxygen atoms in total. The van der Waals surface area contributed by atoms with Crippen molar-refractivity contribution in [1.82, 2.24) is 0 Å². The van der Waals surface area contributed by atoms with Gasteiger partial charge in [-0.1, -0.05) is 82.3 Å². The summed E-state index contributed by atoms with van der Waals surface area (Å²) in [6.07, 6.45) is 0. The van der Waals surface area contributed by atoms with Crippen molar-refractivity contribution in [3.05, 3.63) is 71.8 Å². The maximum Gasteiger partial charge on any atom is 0.176 e. The van der Waals surface area contributed by atoms with Crippen LogP contribution in [0, 0.1) is 0 Å². The molecule has 2 atom stereocenters. The van der Waals surface area contributed by atoms with Gasteiger partial charge in [0.1, 0.15) is 0 Å². The first-order chi connectivity index (χ1) is 10.6. The summed E-state index contributed by atoms with van der Waals surface area (Å²) in [4.78, 5) is 24.6. The highest BCUT2D eigenvalue weighted by atomic mass is 33.1. The van der Waals surface area contributed by atoms with E-state index >= 15 is 0 Å². The van der Waals surface area contributed by atoms with Crippen LogP contribution in [0.4, 0.5) is 0 Å². The molecule has 0 heterocycles. The van der Waals surface area contributed by atoms with Crippen LogP contribution in [0.15, 0.2) is 60.7 Å². The van der Waals surface area contributed by atoms with Gasteiger partial charge in [-0.25, -0.2) is 0 Å². The van der Waals surface area contributed by atoms with Crippen LogP contribution < -0.4 is 0 Å². The van der Waals surface area contributed by atoms with Gasteiger partial charge in [-0.05, 0) is 13.8 Å². The molecule has 114 valence electrons. The molecule has 0 spiro atoms. The minimum absolute atomic E-state index is 0.0949. The molecule has 0 fully saturated rings. The average molecular weight is 330 g/mol. The van der Waals surface area contributed by atoms with Crippen molar-refractivity contribution >= 4 is 33.2 Å². The van der Waals surface area contributed by atoms with Gasteiger partial charge in [0.2, 0.25) is 0 Å². The van der Waals surface area contributed by atoms with E-state index in [1.54, 1.807) is 0 Å². The molecule has 22 heavy (non-hydrogen) atoms. The number of carbonyl (C=O) groups is 2. The molecule has 2 unspecified atom stereocenters. The van der Waals surface area contributed by atoms with E-state index in [1.165, 1.54) is 21.6 Å². The lowest BCUT2D eigenvalue weighted by molar-refractivity contribution is 0.0985. The van der Waals surface area contributed by atoms with Crippen LogP contribution in [0.3, 0.4) is 0 Å². The zero-order chi connectivity index (χ0) is 15.9. The Labute approximate surface area is 139 Å². The zero-order valence-corrected chi connectivity index (χ0v) is 14.2. The Balaban J connectivity index is 1.89. The normalized spacial score (nSPS) is 13.4. The predicted molar refractivity (Wildman–Crippen MR) is 95.7 cm³/mol. The van der Waals surface area contributed by atoms with E-state index in [9.17, 15) is 9.59 Å². The summed E-state index contributed by atoms with van der Waals surface area (Å²) in [7, 11) is 2.91. The van der Waals surface area contributed by atoms with Crippen LogP contribution in [0.5, 0.6) is 0 Å². The van der Waals surface area contributed by atoms with Crippen molar-refractivity contribution in [3.63, 3.8) is 0 Å². The second-order valence-electron chi connectivity index (χ2n) is 4.94. The van der Waals surface area contributed by atoms with Crippen LogP contribution in [0.1, 0.15) is 34.6 Å². The molecule has 0 aliphatic heterocycles. The molecule has 2 rings (SSSR count). The van der Waals surface area contributed by atoms with Gasteiger partial charge in [-0.2, -0.15) is 0 Å². The summed E-state index contributed by atoms with van der Waals surface area (Å²) < 4.78 is 0. The van der Waals surface area contributed by atoms with Crippen LogP contribution >= 0.6 is 21.6 Å². The molecule has 4 heteroatoms. The van der Waals surface area contributed by atoms with Gasteiger partial charge in [-0.3, -0.25) is 9.59 Å². The fourth-order valence-corrected chi connectivity index (χ4v) is 4.23. The predicted octanol–water partition coefficient (Wildman–Crippen LogP) is 4.91. The van der Waals surface area contributed by atoms with Gasteiger partial charge in [0.15, 0.2) is 11.6 Å². The second kappa shape index (κ2) is 8.20. The Morgan fingerprint density at radius 1 is 0.682 bits per heavy atom. The fourth-order valence-electron chi connectivity index (χ4n) is 1.93. The molecular weight excluding hydrogens is 312 g/mol. The van der Waals surface area contributed by atoms with E-state index in [0.29, 0.717) is 11.1 Å². The number of Topliss-reactive ketones (excluding diaryl/α,β-unsaturated/α-hetero) is 2. The van der Waals surface area contributed by atoms with Crippen molar-refractivity contribution in [3.8, 4) is 0 Å². The third-order valence-electron chi connectivity index (χ3n) is 3.20. The summed E-state index contributed by atoms with van der Waals surface area (Å²) in [6.45, 7) is 3.76. The van der Waals surface area contributed by atoms with Gasteiger partial charge < -0.3 is 0 Å². The molecule has 0 aromatic heterocycles. The van der Waals surface area contributed by atoms with E-state index in [0.717, 1.165) is 0 Å². The Bertz CT molecular complexity index is 569. The van der Waals surface area contributed by atoms with Gasteiger partial charge in [0.25, 0.3) is 0 Å². The second-order valence-corrected chi connectivity index (χ2v) is 7.89. The van der Waals surface area contributed by atoms with Crippen molar-refractivity contribution in [2.24, 2.45) is 0 Å². The van der Waals surface area contributed by atoms with E-state index in [2.05, 4.69) is 0 Å². The Hall–Kier alpha value is -1.52. The molecule has 0 bridgehead atoms. The summed E-state index contributed by atoms with van der Waals surface area (Å²) in [5.74, 6) is 0.190. The quantitative estimate of drug-likeness (QED) is 0.533. The maximum absolute atomic E-state index is 12.3. The molecule has 0 radical (unpaired) electrons. The Morgan fingerprint density at radius 3 is 1.32 bits per heavy atom. The Kier molecular flexibility index (Phi) is 6.28. The van der Waals surface area contributed by atoms with Crippen molar-refractivity contribution in [2.45, 2.75) is 24.3 Å². The highest BCUT2D eigenvalue weighted by Gasteiger charge is 2.21. The molecule has 0 amide bonds. The molecular formula is C18H18O2S2. The van der Waals surface area contributed by atoms with Crippen LogP contribution in [-0.4, -0.2) is 22.1 Å². The van der Waals surface area contributed by atoms with Crippen molar-refractivity contribution < 1.29 is 9.59 Å². The van der Waals surface area contributed by atoms with E-state index in [4.69, 9.17) is 0 Å². The molecule has 0 aliphatic rings. The standard InChI is InChI=1S/C18H18O2S2/c1-13(17(19)15-9-5-3-6-10-15)21-22-14(2)18(20)16-11-7-4-8-12-16/h3-14H,1-2H3. The largest absolute Gasteiger partial charge is 0.293 e. The molecule has 0 aliphatic carbocycles. The summed E-state index contributed by atoms with van der Waals surface area (Å²) >= 11 is 0. The molecule has 0 saturated heterocycles. The SMILES string of the molecule is CC(SSC(C)C(=O)c1ccccc1)C(=O)c1ccccc1. The number of rotatable bonds is 7.